The fourth-order valence-corrected chi connectivity index (χ4v) is 5.64. The van der Waals surface area contributed by atoms with Crippen LogP contribution in [-0.2, 0) is 4.79 Å². The Kier molecular flexibility index (Phi) is 7.09. The first-order valence-electron chi connectivity index (χ1n) is 14.1. The summed E-state index contributed by atoms with van der Waals surface area (Å²) >= 11 is 0. The number of hydrogen-bond acceptors (Lipinski definition) is 7. The van der Waals surface area contributed by atoms with Crippen LogP contribution < -0.4 is 10.6 Å². The van der Waals surface area contributed by atoms with Crippen LogP contribution in [0.25, 0.3) is 0 Å². The Balaban J connectivity index is 1.23. The van der Waals surface area contributed by atoms with E-state index in [1.165, 1.54) is 17.1 Å². The topological polar surface area (TPSA) is 137 Å². The molecule has 2 amide bonds. The molecule has 6 rings (SSSR count). The molecule has 3 heterocycles. The smallest absolute Gasteiger partial charge is 0.270 e. The van der Waals surface area contributed by atoms with Crippen LogP contribution in [0.1, 0.15) is 93.2 Å². The van der Waals surface area contributed by atoms with E-state index in [0.29, 0.717) is 29.0 Å². The van der Waals surface area contributed by atoms with Gasteiger partial charge in [0.05, 0.1) is 17.9 Å². The minimum absolute atomic E-state index is 0.0152. The summed E-state index contributed by atoms with van der Waals surface area (Å²) in [6.07, 6.45) is 7.34. The lowest BCUT2D eigenvalue weighted by molar-refractivity contribution is -0.119. The number of tetrazole rings is 1. The molecule has 1 unspecified atom stereocenters. The minimum atomic E-state index is -2.60. The van der Waals surface area contributed by atoms with Crippen molar-refractivity contribution >= 4 is 17.5 Å². The second-order valence-corrected chi connectivity index (χ2v) is 11.5. The molecule has 3 aromatic rings. The number of rotatable bonds is 13. The van der Waals surface area contributed by atoms with Gasteiger partial charge in [0.15, 0.2) is 5.82 Å². The van der Waals surface area contributed by atoms with Gasteiger partial charge in [0.25, 0.3) is 5.91 Å². The average Bonchev–Trinajstić information content (AvgIpc) is 3.89. The predicted octanol–water partition coefficient (Wildman–Crippen LogP) is 3.40. The number of nitrogens with zero attached hydrogens (tertiary/aromatic N) is 8. The number of carbonyl (C=O) groups excluding carboxylic acids is 2. The van der Waals surface area contributed by atoms with Crippen LogP contribution in [0.15, 0.2) is 24.7 Å². The van der Waals surface area contributed by atoms with E-state index in [1.807, 2.05) is 13.8 Å². The summed E-state index contributed by atoms with van der Waals surface area (Å²) < 4.78 is 31.7. The Hall–Kier alpha value is -3.71. The minimum Gasteiger partial charge on any atom is -0.339 e. The third kappa shape index (κ3) is 5.61. The molecule has 3 aromatic heterocycles. The van der Waals surface area contributed by atoms with E-state index in [4.69, 9.17) is 0 Å². The third-order valence-corrected chi connectivity index (χ3v) is 7.98. The highest BCUT2D eigenvalue weighted by molar-refractivity contribution is 6.00. The van der Waals surface area contributed by atoms with Gasteiger partial charge in [-0.15, -0.1) is 5.10 Å². The second kappa shape index (κ2) is 10.7. The first-order chi connectivity index (χ1) is 19.3. The molecule has 3 aliphatic rings. The Bertz CT molecular complexity index is 1340. The molecule has 14 heteroatoms. The highest BCUT2D eigenvalue weighted by atomic mass is 19.3. The Morgan fingerprint density at radius 3 is 2.42 bits per heavy atom. The van der Waals surface area contributed by atoms with E-state index in [9.17, 15) is 18.4 Å². The zero-order valence-electron chi connectivity index (χ0n) is 22.5. The molecular formula is C26H34F2N10O2. The molecule has 3 saturated carbocycles. The van der Waals surface area contributed by atoms with Crippen molar-refractivity contribution < 1.29 is 18.4 Å². The summed E-state index contributed by atoms with van der Waals surface area (Å²) in [7, 11) is 0. The lowest BCUT2D eigenvalue weighted by atomic mass is 9.88. The highest BCUT2D eigenvalue weighted by Gasteiger charge is 2.48. The molecule has 0 saturated heterocycles. The molecule has 40 heavy (non-hydrogen) atoms. The van der Waals surface area contributed by atoms with Gasteiger partial charge in [0.2, 0.25) is 12.3 Å². The fourth-order valence-electron chi connectivity index (χ4n) is 5.64. The number of alkyl halides is 2. The maximum atomic E-state index is 13.7. The van der Waals surface area contributed by atoms with Crippen molar-refractivity contribution in [3.05, 3.63) is 36.2 Å². The number of amides is 2. The monoisotopic (exact) mass is 556 g/mol. The van der Waals surface area contributed by atoms with Crippen molar-refractivity contribution in [2.24, 2.45) is 17.8 Å². The van der Waals surface area contributed by atoms with Gasteiger partial charge < -0.3 is 10.6 Å². The van der Waals surface area contributed by atoms with Crippen molar-refractivity contribution in [2.75, 3.05) is 5.32 Å². The van der Waals surface area contributed by atoms with Crippen molar-refractivity contribution in [2.45, 2.75) is 89.4 Å². The molecule has 214 valence electrons. The largest absolute Gasteiger partial charge is 0.339 e. The van der Waals surface area contributed by atoms with E-state index in [-0.39, 0.29) is 29.8 Å². The molecule has 0 aliphatic heterocycles. The first-order valence-corrected chi connectivity index (χ1v) is 14.1. The van der Waals surface area contributed by atoms with Crippen molar-refractivity contribution in [1.29, 1.82) is 0 Å². The Morgan fingerprint density at radius 1 is 1.07 bits per heavy atom. The van der Waals surface area contributed by atoms with Crippen molar-refractivity contribution in [3.8, 4) is 0 Å². The summed E-state index contributed by atoms with van der Waals surface area (Å²) in [5.41, 5.74) is 0.751. The van der Waals surface area contributed by atoms with Crippen LogP contribution in [-0.4, -0.2) is 64.0 Å². The van der Waals surface area contributed by atoms with Crippen LogP contribution in [0.3, 0.4) is 0 Å². The van der Waals surface area contributed by atoms with E-state index in [2.05, 4.69) is 36.4 Å². The van der Waals surface area contributed by atoms with Gasteiger partial charge in [-0.05, 0) is 86.6 Å². The van der Waals surface area contributed by atoms with Crippen LogP contribution >= 0.6 is 0 Å². The molecule has 3 aliphatic carbocycles. The number of halogens is 2. The number of anilines is 1. The van der Waals surface area contributed by atoms with E-state index < -0.39 is 24.9 Å². The Labute approximate surface area is 229 Å². The summed E-state index contributed by atoms with van der Waals surface area (Å²) in [6, 6.07) is 0.108. The quantitative estimate of drug-likeness (QED) is 0.329. The van der Waals surface area contributed by atoms with Gasteiger partial charge in [-0.2, -0.15) is 10.2 Å². The molecule has 0 bridgehead atoms. The molecule has 0 radical (unpaired) electrons. The van der Waals surface area contributed by atoms with Gasteiger partial charge in [0.1, 0.15) is 17.8 Å². The summed E-state index contributed by atoms with van der Waals surface area (Å²) in [5, 5.41) is 26.2. The van der Waals surface area contributed by atoms with Crippen LogP contribution in [0.4, 0.5) is 14.5 Å². The zero-order chi connectivity index (χ0) is 28.0. The third-order valence-electron chi connectivity index (χ3n) is 7.98. The summed E-state index contributed by atoms with van der Waals surface area (Å²) in [4.78, 5) is 27.1. The SMILES string of the molecule is CC(C)n1nccc1C(=O)N[C@H](C(=O)Nc1cnn(C(CC(F)F)c2nnnn2C2CC2)c1)C(C1CC1)C1CC1. The molecule has 12 nitrogen and oxygen atoms in total. The average molecular weight is 557 g/mol. The Morgan fingerprint density at radius 2 is 1.80 bits per heavy atom. The number of nitrogens with one attached hydrogen (secondary N) is 2. The standard InChI is InChI=1S/C26H34F2N10O2/c1-14(2)37-19(9-10-29-37)25(39)32-23(22(15-3-4-15)16-5-6-16)26(40)31-17-12-30-36(13-17)20(11-21(27)28)24-33-34-35-38(24)18-7-8-18/h9-10,12-16,18,20-23H,3-8,11H2,1-2H3,(H,31,40)(H,32,39)/t20?,23-/m0/s1. The van der Waals surface area contributed by atoms with Crippen molar-refractivity contribution in [3.63, 3.8) is 0 Å². The normalized spacial score (nSPS) is 18.9. The summed E-state index contributed by atoms with van der Waals surface area (Å²) in [5.74, 6) is 0.427. The fraction of sp³-hybridized carbons (Fsp3) is 0.654. The van der Waals surface area contributed by atoms with Crippen molar-refractivity contribution in [1.82, 2.24) is 45.1 Å². The lowest BCUT2D eigenvalue weighted by Crippen LogP contribution is -2.50. The maximum absolute atomic E-state index is 13.7. The number of aromatic nitrogens is 8. The van der Waals surface area contributed by atoms with Crippen LogP contribution in [0.2, 0.25) is 0 Å². The second-order valence-electron chi connectivity index (χ2n) is 11.5. The maximum Gasteiger partial charge on any atom is 0.270 e. The number of hydrogen-bond donors (Lipinski definition) is 2. The molecule has 2 N–H and O–H groups in total. The van der Waals surface area contributed by atoms with Gasteiger partial charge in [-0.1, -0.05) is 0 Å². The molecule has 0 aromatic carbocycles. The van der Waals surface area contributed by atoms with Gasteiger partial charge in [0, 0.05) is 24.9 Å². The van der Waals surface area contributed by atoms with Gasteiger partial charge in [-0.3, -0.25) is 19.0 Å². The molecule has 3 fully saturated rings. The van der Waals surface area contributed by atoms with Gasteiger partial charge >= 0.3 is 0 Å². The molecule has 2 atom stereocenters. The van der Waals surface area contributed by atoms with E-state index >= 15 is 0 Å². The van der Waals surface area contributed by atoms with E-state index in [1.54, 1.807) is 21.6 Å². The molecular weight excluding hydrogens is 522 g/mol. The van der Waals surface area contributed by atoms with Crippen LogP contribution in [0.5, 0.6) is 0 Å². The van der Waals surface area contributed by atoms with Crippen LogP contribution in [0, 0.1) is 17.8 Å². The summed E-state index contributed by atoms with van der Waals surface area (Å²) in [6.45, 7) is 3.88. The van der Waals surface area contributed by atoms with E-state index in [0.717, 1.165) is 38.5 Å². The highest BCUT2D eigenvalue weighted by Crippen LogP contribution is 2.51. The predicted molar refractivity (Wildman–Crippen MR) is 139 cm³/mol. The molecule has 0 spiro atoms. The zero-order valence-corrected chi connectivity index (χ0v) is 22.5. The van der Waals surface area contributed by atoms with Gasteiger partial charge in [-0.25, -0.2) is 13.5 Å². The first kappa shape index (κ1) is 26.5. The lowest BCUT2D eigenvalue weighted by Gasteiger charge is -2.27. The number of carbonyl (C=O) groups is 2.